The smallest absolute Gasteiger partial charge is 0.335 e. The molecule has 0 bridgehead atoms. The number of ether oxygens (including phenoxy) is 2. The molecule has 0 aliphatic carbocycles. The van der Waals surface area contributed by atoms with Crippen molar-refractivity contribution in [3.63, 3.8) is 0 Å². The first kappa shape index (κ1) is 15.8. The summed E-state index contributed by atoms with van der Waals surface area (Å²) in [4.78, 5) is 20.0. The summed E-state index contributed by atoms with van der Waals surface area (Å²) in [6, 6.07) is 3.58. The zero-order valence-corrected chi connectivity index (χ0v) is 12.4. The van der Waals surface area contributed by atoms with Crippen molar-refractivity contribution in [3.8, 4) is 11.4 Å². The fourth-order valence-electron chi connectivity index (χ4n) is 1.61. The Morgan fingerprint density at radius 3 is 3.00 bits per heavy atom. The van der Waals surface area contributed by atoms with Crippen LogP contribution in [0.15, 0.2) is 41.7 Å². The van der Waals surface area contributed by atoms with Gasteiger partial charge < -0.3 is 14.0 Å². The highest BCUT2D eigenvalue weighted by Crippen LogP contribution is 2.20. The monoisotopic (exact) mass is 303 g/mol. The molecule has 0 saturated heterocycles. The molecule has 0 amide bonds. The van der Waals surface area contributed by atoms with Crippen LogP contribution in [0.4, 0.5) is 0 Å². The first-order valence-corrected chi connectivity index (χ1v) is 6.78. The summed E-state index contributed by atoms with van der Waals surface area (Å²) >= 11 is 0. The number of carbonyl (C=O) groups is 1. The van der Waals surface area contributed by atoms with Crippen molar-refractivity contribution in [3.05, 3.63) is 43.1 Å². The lowest BCUT2D eigenvalue weighted by atomic mass is 10.3. The van der Waals surface area contributed by atoms with Crippen molar-refractivity contribution in [1.29, 1.82) is 0 Å². The van der Waals surface area contributed by atoms with Crippen LogP contribution in [0.5, 0.6) is 0 Å². The maximum atomic E-state index is 11.8. The predicted octanol–water partition coefficient (Wildman–Crippen LogP) is 2.33. The maximum Gasteiger partial charge on any atom is 0.335 e. The van der Waals surface area contributed by atoms with Crippen LogP contribution in [0.1, 0.15) is 25.8 Å². The van der Waals surface area contributed by atoms with Crippen molar-refractivity contribution in [2.24, 2.45) is 0 Å². The van der Waals surface area contributed by atoms with Gasteiger partial charge in [-0.1, -0.05) is 11.2 Å². The molecule has 2 heterocycles. The molecule has 22 heavy (non-hydrogen) atoms. The van der Waals surface area contributed by atoms with Crippen LogP contribution in [0.25, 0.3) is 11.4 Å². The highest BCUT2D eigenvalue weighted by Gasteiger charge is 2.22. The van der Waals surface area contributed by atoms with Crippen molar-refractivity contribution < 1.29 is 18.8 Å². The molecule has 2 aromatic heterocycles. The summed E-state index contributed by atoms with van der Waals surface area (Å²) in [5.41, 5.74) is 0.721. The number of rotatable bonds is 7. The molecule has 2 unspecified atom stereocenters. The topological polar surface area (TPSA) is 87.3 Å². The lowest BCUT2D eigenvalue weighted by Crippen LogP contribution is -2.24. The predicted molar refractivity (Wildman–Crippen MR) is 77.6 cm³/mol. The molecular weight excluding hydrogens is 286 g/mol. The third kappa shape index (κ3) is 3.98. The minimum atomic E-state index is -0.693. The quantitative estimate of drug-likeness (QED) is 0.573. The van der Waals surface area contributed by atoms with Gasteiger partial charge in [-0.25, -0.2) is 4.79 Å². The Labute approximate surface area is 128 Å². The first-order chi connectivity index (χ1) is 10.6. The van der Waals surface area contributed by atoms with Crippen LogP contribution >= 0.6 is 0 Å². The van der Waals surface area contributed by atoms with Gasteiger partial charge in [-0.3, -0.25) is 4.98 Å². The van der Waals surface area contributed by atoms with Crippen LogP contribution in [0.3, 0.4) is 0 Å². The molecule has 0 aromatic carbocycles. The van der Waals surface area contributed by atoms with Gasteiger partial charge in [0.1, 0.15) is 0 Å². The van der Waals surface area contributed by atoms with Gasteiger partial charge in [0.25, 0.3) is 5.89 Å². The number of carbonyl (C=O) groups excluding carboxylic acids is 1. The van der Waals surface area contributed by atoms with Gasteiger partial charge in [-0.05, 0) is 26.0 Å². The Balaban J connectivity index is 1.99. The molecule has 2 aromatic rings. The van der Waals surface area contributed by atoms with E-state index in [0.717, 1.165) is 5.56 Å². The molecular formula is C15H17N3O4. The molecule has 0 radical (unpaired) electrons. The van der Waals surface area contributed by atoms with E-state index in [4.69, 9.17) is 14.0 Å². The van der Waals surface area contributed by atoms with E-state index in [1.54, 1.807) is 38.4 Å². The lowest BCUT2D eigenvalue weighted by molar-refractivity contribution is -0.161. The minimum absolute atomic E-state index is 0.211. The maximum absolute atomic E-state index is 11.8. The van der Waals surface area contributed by atoms with Crippen LogP contribution in [0.2, 0.25) is 0 Å². The molecule has 116 valence electrons. The van der Waals surface area contributed by atoms with Crippen LogP contribution in [-0.2, 0) is 14.3 Å². The van der Waals surface area contributed by atoms with Gasteiger partial charge in [0.05, 0.1) is 6.61 Å². The number of esters is 1. The molecule has 0 aliphatic heterocycles. The lowest BCUT2D eigenvalue weighted by Gasteiger charge is -2.14. The van der Waals surface area contributed by atoms with Crippen molar-refractivity contribution in [2.45, 2.75) is 26.1 Å². The van der Waals surface area contributed by atoms with Crippen molar-refractivity contribution >= 4 is 5.97 Å². The number of hydrogen-bond acceptors (Lipinski definition) is 7. The molecule has 0 N–H and O–H groups in total. The summed E-state index contributed by atoms with van der Waals surface area (Å²) in [5, 5.41) is 3.85. The summed E-state index contributed by atoms with van der Waals surface area (Å²) in [7, 11) is 0. The van der Waals surface area contributed by atoms with Gasteiger partial charge in [0.2, 0.25) is 5.82 Å². The second-order valence-corrected chi connectivity index (χ2v) is 4.54. The number of nitrogens with zero attached hydrogens (tertiary/aromatic N) is 3. The zero-order valence-electron chi connectivity index (χ0n) is 12.4. The molecule has 0 aliphatic rings. The molecule has 2 atom stereocenters. The van der Waals surface area contributed by atoms with E-state index in [-0.39, 0.29) is 12.5 Å². The Hall–Kier alpha value is -2.54. The first-order valence-electron chi connectivity index (χ1n) is 6.78. The highest BCUT2D eigenvalue weighted by molar-refractivity contribution is 5.74. The molecule has 7 heteroatoms. The fraction of sp³-hybridized carbons (Fsp3) is 0.333. The van der Waals surface area contributed by atoms with Crippen molar-refractivity contribution in [1.82, 2.24) is 15.1 Å². The standard InChI is InChI=1S/C15H17N3O4/c1-4-8-20-11(3)15(19)21-10(2)14-17-13(18-22-14)12-6-5-7-16-9-12/h4-7,9-11H,1,8H2,2-3H3. The number of aromatic nitrogens is 3. The largest absolute Gasteiger partial charge is 0.451 e. The molecule has 7 nitrogen and oxygen atoms in total. The number of pyridine rings is 1. The average molecular weight is 303 g/mol. The fourth-order valence-corrected chi connectivity index (χ4v) is 1.61. The zero-order chi connectivity index (χ0) is 15.9. The van der Waals surface area contributed by atoms with Gasteiger partial charge in [0.15, 0.2) is 12.2 Å². The molecule has 0 spiro atoms. The van der Waals surface area contributed by atoms with E-state index in [0.29, 0.717) is 5.82 Å². The van der Waals surface area contributed by atoms with Gasteiger partial charge in [-0.15, -0.1) is 6.58 Å². The Morgan fingerprint density at radius 1 is 1.50 bits per heavy atom. The summed E-state index contributed by atoms with van der Waals surface area (Å²) in [5.74, 6) is 0.0977. The van der Waals surface area contributed by atoms with Gasteiger partial charge in [-0.2, -0.15) is 4.98 Å². The van der Waals surface area contributed by atoms with Crippen molar-refractivity contribution in [2.75, 3.05) is 6.61 Å². The van der Waals surface area contributed by atoms with E-state index in [2.05, 4.69) is 21.7 Å². The summed E-state index contributed by atoms with van der Waals surface area (Å²) in [6.07, 6.45) is 3.47. The molecule has 0 fully saturated rings. The summed E-state index contributed by atoms with van der Waals surface area (Å²) < 4.78 is 15.6. The Kier molecular flexibility index (Phi) is 5.37. The molecule has 2 rings (SSSR count). The van der Waals surface area contributed by atoms with E-state index in [1.807, 2.05) is 6.07 Å². The van der Waals surface area contributed by atoms with E-state index in [1.165, 1.54) is 0 Å². The van der Waals surface area contributed by atoms with E-state index in [9.17, 15) is 4.79 Å². The second kappa shape index (κ2) is 7.46. The second-order valence-electron chi connectivity index (χ2n) is 4.54. The van der Waals surface area contributed by atoms with Gasteiger partial charge >= 0.3 is 5.97 Å². The Morgan fingerprint density at radius 2 is 2.32 bits per heavy atom. The van der Waals surface area contributed by atoms with Gasteiger partial charge in [0, 0.05) is 18.0 Å². The third-order valence-corrected chi connectivity index (χ3v) is 2.80. The van der Waals surface area contributed by atoms with Crippen LogP contribution in [0, 0.1) is 0 Å². The number of hydrogen-bond donors (Lipinski definition) is 0. The third-order valence-electron chi connectivity index (χ3n) is 2.80. The highest BCUT2D eigenvalue weighted by atomic mass is 16.6. The van der Waals surface area contributed by atoms with Crippen LogP contribution < -0.4 is 0 Å². The summed E-state index contributed by atoms with van der Waals surface area (Å²) in [6.45, 7) is 7.05. The van der Waals surface area contributed by atoms with Crippen LogP contribution in [-0.4, -0.2) is 33.8 Å². The average Bonchev–Trinajstić information content (AvgIpc) is 3.03. The SMILES string of the molecule is C=CCOC(C)C(=O)OC(C)c1nc(-c2cccnc2)no1. The van der Waals surface area contributed by atoms with E-state index >= 15 is 0 Å². The Bertz CT molecular complexity index is 627. The van der Waals surface area contributed by atoms with E-state index < -0.39 is 18.2 Å². The minimum Gasteiger partial charge on any atom is -0.451 e. The molecule has 0 saturated carbocycles. The normalized spacial score (nSPS) is 13.4.